The molecule has 0 aromatic carbocycles. The maximum atomic E-state index is 12.5. The fourth-order valence-corrected chi connectivity index (χ4v) is 2.75. The van der Waals surface area contributed by atoms with Crippen molar-refractivity contribution in [3.8, 4) is 5.75 Å². The molecule has 0 spiro atoms. The summed E-state index contributed by atoms with van der Waals surface area (Å²) >= 11 is 0. The van der Waals surface area contributed by atoms with E-state index in [2.05, 4.69) is 4.98 Å². The predicted octanol–water partition coefficient (Wildman–Crippen LogP) is 2.26. The topological polar surface area (TPSA) is 84.7 Å². The number of piperidine rings is 1. The number of rotatable bonds is 1. The Balaban J connectivity index is 2.40. The Morgan fingerprint density at radius 1 is 1.35 bits per heavy atom. The van der Waals surface area contributed by atoms with E-state index in [4.69, 9.17) is 4.74 Å². The van der Waals surface area contributed by atoms with Crippen molar-refractivity contribution in [2.45, 2.75) is 58.6 Å². The van der Waals surface area contributed by atoms with Gasteiger partial charge in [0.1, 0.15) is 11.4 Å². The lowest BCUT2D eigenvalue weighted by atomic mass is 10.0. The Hall–Kier alpha value is -2.05. The highest BCUT2D eigenvalue weighted by atomic mass is 16.6. The highest BCUT2D eigenvalue weighted by Crippen LogP contribution is 2.31. The maximum Gasteiger partial charge on any atom is 0.410 e. The monoisotopic (exact) mass is 323 g/mol. The Morgan fingerprint density at radius 2 is 2.00 bits per heavy atom. The molecule has 1 aromatic heterocycles. The zero-order valence-corrected chi connectivity index (χ0v) is 14.4. The third-order valence-corrected chi connectivity index (χ3v) is 3.90. The van der Waals surface area contributed by atoms with E-state index >= 15 is 0 Å². The first-order valence-corrected chi connectivity index (χ1v) is 7.88. The first-order valence-electron chi connectivity index (χ1n) is 7.88. The molecule has 0 saturated carbocycles. The standard InChI is InChI=1S/C16H25N3O4/c1-10-12(20)14(21)18(5)13(17-10)11-8-6-7-9-19(11)15(22)23-16(2,3)4/h11,20H,6-9H2,1-5H3. The van der Waals surface area contributed by atoms with Crippen molar-refractivity contribution in [3.63, 3.8) is 0 Å². The molecule has 7 heteroatoms. The molecular weight excluding hydrogens is 298 g/mol. The second kappa shape index (κ2) is 6.22. The van der Waals surface area contributed by atoms with Crippen molar-refractivity contribution in [2.24, 2.45) is 7.05 Å². The summed E-state index contributed by atoms with van der Waals surface area (Å²) in [7, 11) is 1.56. The van der Waals surface area contributed by atoms with Crippen LogP contribution in [0.2, 0.25) is 0 Å². The van der Waals surface area contributed by atoms with E-state index in [9.17, 15) is 14.7 Å². The lowest BCUT2D eigenvalue weighted by Crippen LogP contribution is -2.43. The Bertz CT molecular complexity index is 661. The molecule has 128 valence electrons. The minimum atomic E-state index is -0.580. The second-order valence-corrected chi connectivity index (χ2v) is 6.95. The molecule has 1 N–H and O–H groups in total. The van der Waals surface area contributed by atoms with Crippen molar-refractivity contribution in [2.75, 3.05) is 6.54 Å². The quantitative estimate of drug-likeness (QED) is 0.857. The SMILES string of the molecule is Cc1nc(C2CCCCN2C(=O)OC(C)(C)C)n(C)c(=O)c1O. The van der Waals surface area contributed by atoms with E-state index < -0.39 is 17.3 Å². The molecule has 1 amide bonds. The number of aromatic hydroxyl groups is 1. The van der Waals surface area contributed by atoms with Gasteiger partial charge in [-0.2, -0.15) is 0 Å². The first-order chi connectivity index (χ1) is 10.6. The van der Waals surface area contributed by atoms with Gasteiger partial charge >= 0.3 is 6.09 Å². The molecule has 1 unspecified atom stereocenters. The lowest BCUT2D eigenvalue weighted by Gasteiger charge is -2.36. The molecule has 1 fully saturated rings. The fraction of sp³-hybridized carbons (Fsp3) is 0.688. The number of hydrogen-bond donors (Lipinski definition) is 1. The molecular formula is C16H25N3O4. The molecule has 7 nitrogen and oxygen atoms in total. The average molecular weight is 323 g/mol. The van der Waals surface area contributed by atoms with Gasteiger partial charge in [0.15, 0.2) is 0 Å². The highest BCUT2D eigenvalue weighted by Gasteiger charge is 2.34. The van der Waals surface area contributed by atoms with Crippen LogP contribution in [0.4, 0.5) is 4.79 Å². The summed E-state index contributed by atoms with van der Waals surface area (Å²) in [6, 6.07) is -0.324. The van der Waals surface area contributed by atoms with Crippen LogP contribution >= 0.6 is 0 Å². The van der Waals surface area contributed by atoms with Gasteiger partial charge in [0.2, 0.25) is 5.75 Å². The maximum absolute atomic E-state index is 12.5. The van der Waals surface area contributed by atoms with Crippen LogP contribution in [0.1, 0.15) is 57.6 Å². The number of aromatic nitrogens is 2. The summed E-state index contributed by atoms with van der Waals surface area (Å²) in [5.74, 6) is 0.131. The first kappa shape index (κ1) is 17.3. The van der Waals surface area contributed by atoms with Gasteiger partial charge in [-0.05, 0) is 47.0 Å². The molecule has 1 aliphatic heterocycles. The molecule has 2 heterocycles. The number of hydrogen-bond acceptors (Lipinski definition) is 5. The van der Waals surface area contributed by atoms with Gasteiger partial charge in [0.05, 0.1) is 11.7 Å². The third-order valence-electron chi connectivity index (χ3n) is 3.90. The van der Waals surface area contributed by atoms with E-state index in [1.54, 1.807) is 18.9 Å². The number of nitrogens with zero attached hydrogens (tertiary/aromatic N) is 3. The van der Waals surface area contributed by atoms with E-state index in [-0.39, 0.29) is 17.5 Å². The van der Waals surface area contributed by atoms with Crippen molar-refractivity contribution >= 4 is 6.09 Å². The largest absolute Gasteiger partial charge is 0.502 e. The molecule has 1 aromatic rings. The summed E-state index contributed by atoms with van der Waals surface area (Å²) in [6.45, 7) is 7.61. The smallest absolute Gasteiger partial charge is 0.410 e. The molecule has 2 rings (SSSR count). The fourth-order valence-electron chi connectivity index (χ4n) is 2.75. The molecule has 1 aliphatic rings. The number of carbonyl (C=O) groups is 1. The number of ether oxygens (including phenoxy) is 1. The number of likely N-dealkylation sites (tertiary alicyclic amines) is 1. The van der Waals surface area contributed by atoms with Crippen molar-refractivity contribution in [1.29, 1.82) is 0 Å². The average Bonchev–Trinajstić information content (AvgIpc) is 2.47. The van der Waals surface area contributed by atoms with Crippen LogP contribution in [0.15, 0.2) is 4.79 Å². The van der Waals surface area contributed by atoms with E-state index in [1.807, 2.05) is 20.8 Å². The number of aryl methyl sites for hydroxylation is 1. The zero-order chi connectivity index (χ0) is 17.4. The minimum absolute atomic E-state index is 0.276. The van der Waals surface area contributed by atoms with Gasteiger partial charge < -0.3 is 9.84 Å². The lowest BCUT2D eigenvalue weighted by molar-refractivity contribution is 0.00792. The molecule has 0 aliphatic carbocycles. The van der Waals surface area contributed by atoms with Crippen molar-refractivity contribution < 1.29 is 14.6 Å². The molecule has 0 radical (unpaired) electrons. The van der Waals surface area contributed by atoms with Gasteiger partial charge in [0.25, 0.3) is 5.56 Å². The van der Waals surface area contributed by atoms with Crippen LogP contribution in [0.3, 0.4) is 0 Å². The number of amides is 1. The Morgan fingerprint density at radius 3 is 2.61 bits per heavy atom. The minimum Gasteiger partial charge on any atom is -0.502 e. The van der Waals surface area contributed by atoms with Gasteiger partial charge in [-0.3, -0.25) is 14.3 Å². The van der Waals surface area contributed by atoms with Gasteiger partial charge in [-0.15, -0.1) is 0 Å². The van der Waals surface area contributed by atoms with Crippen LogP contribution in [0, 0.1) is 6.92 Å². The molecule has 23 heavy (non-hydrogen) atoms. The van der Waals surface area contributed by atoms with Crippen molar-refractivity contribution in [1.82, 2.24) is 14.5 Å². The number of carbonyl (C=O) groups excluding carboxylic acids is 1. The normalized spacial score (nSPS) is 18.8. The van der Waals surface area contributed by atoms with Crippen LogP contribution in [0.5, 0.6) is 5.75 Å². The highest BCUT2D eigenvalue weighted by molar-refractivity contribution is 5.68. The van der Waals surface area contributed by atoms with Crippen LogP contribution < -0.4 is 5.56 Å². The summed E-state index contributed by atoms with van der Waals surface area (Å²) in [5.41, 5.74) is -0.802. The Kier molecular flexibility index (Phi) is 4.68. The second-order valence-electron chi connectivity index (χ2n) is 6.95. The van der Waals surface area contributed by atoms with Crippen LogP contribution in [-0.4, -0.2) is 37.8 Å². The van der Waals surface area contributed by atoms with Gasteiger partial charge in [-0.1, -0.05) is 0 Å². The van der Waals surface area contributed by atoms with E-state index in [0.717, 1.165) is 12.8 Å². The summed E-state index contributed by atoms with van der Waals surface area (Å²) in [6.07, 6.45) is 2.15. The molecule has 0 bridgehead atoms. The summed E-state index contributed by atoms with van der Waals surface area (Å²) < 4.78 is 6.79. The summed E-state index contributed by atoms with van der Waals surface area (Å²) in [4.78, 5) is 30.6. The van der Waals surface area contributed by atoms with Gasteiger partial charge in [0, 0.05) is 13.6 Å². The van der Waals surface area contributed by atoms with Crippen molar-refractivity contribution in [3.05, 3.63) is 21.9 Å². The van der Waals surface area contributed by atoms with Crippen LogP contribution in [-0.2, 0) is 11.8 Å². The third kappa shape index (κ3) is 3.65. The van der Waals surface area contributed by atoms with Gasteiger partial charge in [-0.25, -0.2) is 9.78 Å². The molecule has 1 atom stereocenters. The summed E-state index contributed by atoms with van der Waals surface area (Å²) in [5, 5.41) is 9.74. The van der Waals surface area contributed by atoms with Crippen LogP contribution in [0.25, 0.3) is 0 Å². The van der Waals surface area contributed by atoms with E-state index in [1.165, 1.54) is 4.57 Å². The predicted molar refractivity (Wildman–Crippen MR) is 85.4 cm³/mol. The Labute approximate surface area is 135 Å². The zero-order valence-electron chi connectivity index (χ0n) is 14.4. The molecule has 1 saturated heterocycles. The van der Waals surface area contributed by atoms with E-state index in [0.29, 0.717) is 18.8 Å².